The van der Waals surface area contributed by atoms with Gasteiger partial charge in [0.05, 0.1) is 12.0 Å². The number of hydrogen-bond donors (Lipinski definition) is 0. The van der Waals surface area contributed by atoms with Crippen LogP contribution in [-0.4, -0.2) is 12.1 Å². The lowest BCUT2D eigenvalue weighted by Gasteiger charge is -2.10. The van der Waals surface area contributed by atoms with Crippen LogP contribution in [-0.2, 0) is 11.2 Å². The van der Waals surface area contributed by atoms with Crippen LogP contribution in [0.2, 0.25) is 0 Å². The quantitative estimate of drug-likeness (QED) is 0.301. The van der Waals surface area contributed by atoms with Crippen molar-refractivity contribution >= 4 is 5.97 Å². The van der Waals surface area contributed by atoms with Crippen LogP contribution in [0, 0.1) is 5.92 Å². The number of carbonyl (C=O) groups excluding carboxylic acids is 1. The molecule has 3 heteroatoms. The Morgan fingerprint density at radius 2 is 0.971 bits per heavy atom. The SMILES string of the molecule is C1CCCCC1.CC.CC.CC.CC(C)Oc1ccc(Cc2ccc(OC(=O)C(C)C)cc2)cc1. The minimum absolute atomic E-state index is 0.124. The highest BCUT2D eigenvalue weighted by molar-refractivity contribution is 5.74. The molecule has 3 nitrogen and oxygen atoms in total. The van der Waals surface area contributed by atoms with Crippen LogP contribution in [0.3, 0.4) is 0 Å². The Morgan fingerprint density at radius 3 is 1.29 bits per heavy atom. The van der Waals surface area contributed by atoms with E-state index in [9.17, 15) is 4.79 Å². The summed E-state index contributed by atoms with van der Waals surface area (Å²) in [4.78, 5) is 11.6. The van der Waals surface area contributed by atoms with Gasteiger partial charge < -0.3 is 9.47 Å². The van der Waals surface area contributed by atoms with E-state index in [2.05, 4.69) is 12.1 Å². The maximum atomic E-state index is 11.6. The van der Waals surface area contributed by atoms with Crippen molar-refractivity contribution in [1.29, 1.82) is 0 Å². The summed E-state index contributed by atoms with van der Waals surface area (Å²) in [6.07, 6.45) is 10.0. The van der Waals surface area contributed by atoms with Crippen LogP contribution >= 0.6 is 0 Å². The van der Waals surface area contributed by atoms with E-state index in [0.717, 1.165) is 12.2 Å². The molecule has 1 saturated carbocycles. The molecule has 0 atom stereocenters. The van der Waals surface area contributed by atoms with Gasteiger partial charge in [-0.1, -0.05) is 118 Å². The molecule has 0 saturated heterocycles. The Labute approximate surface area is 217 Å². The number of carbonyl (C=O) groups is 1. The average Bonchev–Trinajstić information content (AvgIpc) is 2.91. The van der Waals surface area contributed by atoms with Crippen molar-refractivity contribution in [2.24, 2.45) is 5.92 Å². The molecule has 0 amide bonds. The van der Waals surface area contributed by atoms with Gasteiger partial charge in [0.25, 0.3) is 0 Å². The second kappa shape index (κ2) is 23.5. The van der Waals surface area contributed by atoms with Crippen molar-refractivity contribution < 1.29 is 14.3 Å². The Kier molecular flexibility index (Phi) is 23.4. The molecule has 0 aromatic heterocycles. The Hall–Kier alpha value is -2.29. The van der Waals surface area contributed by atoms with Gasteiger partial charge >= 0.3 is 5.97 Å². The smallest absolute Gasteiger partial charge is 0.313 e. The minimum Gasteiger partial charge on any atom is -0.491 e. The summed E-state index contributed by atoms with van der Waals surface area (Å²) < 4.78 is 10.9. The van der Waals surface area contributed by atoms with E-state index >= 15 is 0 Å². The number of benzene rings is 2. The van der Waals surface area contributed by atoms with E-state index in [1.54, 1.807) is 0 Å². The minimum atomic E-state index is -0.210. The highest BCUT2D eigenvalue weighted by Crippen LogP contribution is 2.19. The van der Waals surface area contributed by atoms with Gasteiger partial charge in [-0.3, -0.25) is 4.79 Å². The Morgan fingerprint density at radius 1 is 0.629 bits per heavy atom. The molecular weight excluding hydrogens is 432 g/mol. The van der Waals surface area contributed by atoms with E-state index in [0.29, 0.717) is 5.75 Å². The van der Waals surface area contributed by atoms with Crippen LogP contribution in [0.15, 0.2) is 48.5 Å². The molecule has 200 valence electrons. The molecule has 1 aliphatic carbocycles. The Bertz CT molecular complexity index is 700. The zero-order valence-corrected chi connectivity index (χ0v) is 24.4. The fourth-order valence-corrected chi connectivity index (χ4v) is 3.16. The zero-order chi connectivity index (χ0) is 27.1. The molecule has 0 spiro atoms. The molecule has 0 radical (unpaired) electrons. The maximum Gasteiger partial charge on any atom is 0.313 e. The molecule has 0 N–H and O–H groups in total. The predicted molar refractivity (Wildman–Crippen MR) is 154 cm³/mol. The number of ether oxygens (including phenoxy) is 2. The van der Waals surface area contributed by atoms with Gasteiger partial charge in [0, 0.05) is 0 Å². The Balaban J connectivity index is 0. The topological polar surface area (TPSA) is 35.5 Å². The number of hydrogen-bond acceptors (Lipinski definition) is 3. The van der Waals surface area contributed by atoms with Crippen LogP contribution in [0.1, 0.15) is 119 Å². The van der Waals surface area contributed by atoms with Gasteiger partial charge in [-0.15, -0.1) is 0 Å². The molecule has 2 aromatic carbocycles. The van der Waals surface area contributed by atoms with E-state index in [4.69, 9.17) is 9.47 Å². The average molecular weight is 487 g/mol. The van der Waals surface area contributed by atoms with Crippen LogP contribution in [0.4, 0.5) is 0 Å². The van der Waals surface area contributed by atoms with Crippen molar-refractivity contribution in [2.75, 3.05) is 0 Å². The van der Waals surface area contributed by atoms with Crippen molar-refractivity contribution in [3.05, 3.63) is 59.7 Å². The van der Waals surface area contributed by atoms with E-state index in [-0.39, 0.29) is 18.0 Å². The third kappa shape index (κ3) is 17.8. The molecule has 35 heavy (non-hydrogen) atoms. The molecule has 0 heterocycles. The molecule has 0 aliphatic heterocycles. The summed E-state index contributed by atoms with van der Waals surface area (Å²) >= 11 is 0. The summed E-state index contributed by atoms with van der Waals surface area (Å²) in [5.41, 5.74) is 2.39. The molecular formula is C32H54O3. The summed E-state index contributed by atoms with van der Waals surface area (Å²) in [5.74, 6) is 1.15. The van der Waals surface area contributed by atoms with E-state index in [1.165, 1.54) is 49.7 Å². The molecule has 1 fully saturated rings. The zero-order valence-electron chi connectivity index (χ0n) is 24.4. The second-order valence-corrected chi connectivity index (χ2v) is 8.33. The summed E-state index contributed by atoms with van der Waals surface area (Å²) in [6.45, 7) is 19.7. The number of esters is 1. The normalized spacial score (nSPS) is 11.8. The van der Waals surface area contributed by atoms with E-state index in [1.807, 2.05) is 106 Å². The van der Waals surface area contributed by atoms with Gasteiger partial charge in [-0.25, -0.2) is 0 Å². The standard InChI is InChI=1S/C20H24O3.C6H12.3C2H6/c1-14(2)20(21)23-19-11-7-17(8-12-19)13-16-5-9-18(10-6-16)22-15(3)4;1-2-4-6-5-3-1;3*1-2/h5-12,14-15H,13H2,1-4H3;1-6H2;3*1-2H3. The fraction of sp³-hybridized carbons (Fsp3) is 0.594. The maximum absolute atomic E-state index is 11.6. The van der Waals surface area contributed by atoms with Gasteiger partial charge in [0.15, 0.2) is 0 Å². The lowest BCUT2D eigenvalue weighted by atomic mass is 10.0. The lowest BCUT2D eigenvalue weighted by Crippen LogP contribution is -2.14. The highest BCUT2D eigenvalue weighted by Gasteiger charge is 2.09. The summed E-state index contributed by atoms with van der Waals surface area (Å²) in [5, 5.41) is 0. The predicted octanol–water partition coefficient (Wildman–Crippen LogP) is 10.0. The largest absolute Gasteiger partial charge is 0.491 e. The molecule has 0 unspecified atom stereocenters. The first-order chi connectivity index (χ1) is 16.9. The molecule has 0 bridgehead atoms. The third-order valence-corrected chi connectivity index (χ3v) is 4.82. The van der Waals surface area contributed by atoms with E-state index < -0.39 is 0 Å². The fourth-order valence-electron chi connectivity index (χ4n) is 3.16. The van der Waals surface area contributed by atoms with Gasteiger partial charge in [0.1, 0.15) is 11.5 Å². The van der Waals surface area contributed by atoms with Crippen LogP contribution < -0.4 is 9.47 Å². The summed E-state index contributed by atoms with van der Waals surface area (Å²) in [7, 11) is 0. The van der Waals surface area contributed by atoms with Crippen molar-refractivity contribution in [2.45, 2.75) is 120 Å². The molecule has 3 rings (SSSR count). The third-order valence-electron chi connectivity index (χ3n) is 4.82. The van der Waals surface area contributed by atoms with Gasteiger partial charge in [-0.05, 0) is 55.7 Å². The van der Waals surface area contributed by atoms with Crippen molar-refractivity contribution in [3.8, 4) is 11.5 Å². The summed E-state index contributed by atoms with van der Waals surface area (Å²) in [6, 6.07) is 15.8. The number of rotatable bonds is 6. The van der Waals surface area contributed by atoms with Gasteiger partial charge in [0.2, 0.25) is 0 Å². The first kappa shape index (κ1) is 34.9. The van der Waals surface area contributed by atoms with Crippen molar-refractivity contribution in [1.82, 2.24) is 0 Å². The molecule has 1 aliphatic rings. The van der Waals surface area contributed by atoms with Crippen LogP contribution in [0.5, 0.6) is 11.5 Å². The first-order valence-corrected chi connectivity index (χ1v) is 14.0. The van der Waals surface area contributed by atoms with Gasteiger partial charge in [-0.2, -0.15) is 0 Å². The van der Waals surface area contributed by atoms with Crippen molar-refractivity contribution in [3.63, 3.8) is 0 Å². The monoisotopic (exact) mass is 486 g/mol. The second-order valence-electron chi connectivity index (χ2n) is 8.33. The lowest BCUT2D eigenvalue weighted by molar-refractivity contribution is -0.137. The first-order valence-electron chi connectivity index (χ1n) is 14.0. The molecule has 2 aromatic rings. The van der Waals surface area contributed by atoms with Crippen LogP contribution in [0.25, 0.3) is 0 Å². The highest BCUT2D eigenvalue weighted by atomic mass is 16.5.